The smallest absolute Gasteiger partial charge is 0.328 e. The molecule has 2 heterocycles. The van der Waals surface area contributed by atoms with E-state index in [0.717, 1.165) is 4.57 Å². The van der Waals surface area contributed by atoms with E-state index in [4.69, 9.17) is 5.73 Å². The van der Waals surface area contributed by atoms with E-state index in [1.807, 2.05) is 0 Å². The van der Waals surface area contributed by atoms with Crippen LogP contribution >= 0.6 is 0 Å². The fraction of sp³-hybridized carbons (Fsp3) is 0.526. The molecule has 0 fully saturated rings. The first kappa shape index (κ1) is 23.0. The maximum absolute atomic E-state index is 13.9. The summed E-state index contributed by atoms with van der Waals surface area (Å²) in [4.78, 5) is 14.3. The van der Waals surface area contributed by atoms with E-state index in [-0.39, 0.29) is 30.8 Å². The van der Waals surface area contributed by atoms with Gasteiger partial charge >= 0.3 is 6.18 Å². The molecular formula is C19H21F6N5O. The lowest BCUT2D eigenvalue weighted by molar-refractivity contribution is -0.149. The highest BCUT2D eigenvalue weighted by Gasteiger charge is 2.44. The largest absolute Gasteiger partial charge is 0.451 e. The molecule has 1 aromatic heterocycles. The third-order valence-electron chi connectivity index (χ3n) is 5.27. The summed E-state index contributed by atoms with van der Waals surface area (Å²) in [6.45, 7) is 3.16. The van der Waals surface area contributed by atoms with E-state index in [2.05, 4.69) is 10.2 Å². The molecule has 0 spiro atoms. The highest BCUT2D eigenvalue weighted by molar-refractivity contribution is 5.77. The van der Waals surface area contributed by atoms with Crippen LogP contribution in [0.4, 0.5) is 26.3 Å². The van der Waals surface area contributed by atoms with Crippen LogP contribution in [-0.4, -0.2) is 37.7 Å². The standard InChI is InChI=1S/C19H21F6N5O/c1-3-15-17-27-28-18(19(23,24)25)29(17)8-9(2)30(15)16(31)6-11(26)4-10-5-13(21)14(22)7-12(10)20/h5,7,9,11,15H,3-4,6,8,26H2,1-2H3/t9?,11-,15?/m1/s1. The van der Waals surface area contributed by atoms with Gasteiger partial charge in [-0.25, -0.2) is 13.2 Å². The van der Waals surface area contributed by atoms with E-state index < -0.39 is 53.5 Å². The number of amides is 1. The Balaban J connectivity index is 1.78. The molecule has 31 heavy (non-hydrogen) atoms. The van der Waals surface area contributed by atoms with Crippen molar-refractivity contribution >= 4 is 5.91 Å². The Morgan fingerprint density at radius 2 is 1.84 bits per heavy atom. The summed E-state index contributed by atoms with van der Waals surface area (Å²) in [6.07, 6.45) is -4.87. The summed E-state index contributed by atoms with van der Waals surface area (Å²) in [5, 5.41) is 6.91. The van der Waals surface area contributed by atoms with Crippen LogP contribution in [0.25, 0.3) is 0 Å². The molecule has 12 heteroatoms. The molecule has 0 saturated heterocycles. The number of carbonyl (C=O) groups is 1. The van der Waals surface area contributed by atoms with Gasteiger partial charge in [-0.3, -0.25) is 4.79 Å². The number of carbonyl (C=O) groups excluding carboxylic acids is 1. The number of benzene rings is 1. The maximum atomic E-state index is 13.9. The van der Waals surface area contributed by atoms with Gasteiger partial charge in [0.05, 0.1) is 6.04 Å². The van der Waals surface area contributed by atoms with Gasteiger partial charge < -0.3 is 15.2 Å². The fourth-order valence-electron chi connectivity index (χ4n) is 3.94. The van der Waals surface area contributed by atoms with Crippen molar-refractivity contribution in [2.24, 2.45) is 5.73 Å². The average Bonchev–Trinajstić information content (AvgIpc) is 3.08. The van der Waals surface area contributed by atoms with Crippen molar-refractivity contribution in [1.29, 1.82) is 0 Å². The van der Waals surface area contributed by atoms with Crippen LogP contribution in [-0.2, 0) is 23.9 Å². The minimum atomic E-state index is -4.67. The zero-order chi connectivity index (χ0) is 23.1. The van der Waals surface area contributed by atoms with Crippen LogP contribution in [0.15, 0.2) is 12.1 Å². The molecule has 2 N–H and O–H groups in total. The first-order chi connectivity index (χ1) is 14.4. The molecule has 1 aliphatic rings. The van der Waals surface area contributed by atoms with E-state index in [0.29, 0.717) is 18.6 Å². The highest BCUT2D eigenvalue weighted by atomic mass is 19.4. The molecule has 3 rings (SSSR count). The Morgan fingerprint density at radius 3 is 2.45 bits per heavy atom. The van der Waals surface area contributed by atoms with Crippen LogP contribution in [0.2, 0.25) is 0 Å². The number of rotatable bonds is 5. The quantitative estimate of drug-likeness (QED) is 0.561. The number of alkyl halides is 3. The van der Waals surface area contributed by atoms with Crippen LogP contribution < -0.4 is 5.73 Å². The lowest BCUT2D eigenvalue weighted by Crippen LogP contribution is -2.49. The van der Waals surface area contributed by atoms with Crippen molar-refractivity contribution < 1.29 is 31.1 Å². The molecule has 1 amide bonds. The number of halogens is 6. The van der Waals surface area contributed by atoms with Gasteiger partial charge in [0.15, 0.2) is 17.5 Å². The lowest BCUT2D eigenvalue weighted by Gasteiger charge is -2.41. The lowest BCUT2D eigenvalue weighted by atomic mass is 10.00. The maximum Gasteiger partial charge on any atom is 0.451 e. The number of hydrogen-bond donors (Lipinski definition) is 1. The minimum Gasteiger partial charge on any atom is -0.328 e. The molecule has 170 valence electrons. The predicted molar refractivity (Wildman–Crippen MR) is 97.0 cm³/mol. The normalized spacial score (nSPS) is 20.0. The Hall–Kier alpha value is -2.63. The Kier molecular flexibility index (Phi) is 6.30. The van der Waals surface area contributed by atoms with E-state index in [9.17, 15) is 31.1 Å². The van der Waals surface area contributed by atoms with E-state index in [1.165, 1.54) is 4.90 Å². The van der Waals surface area contributed by atoms with Gasteiger partial charge in [0.1, 0.15) is 5.82 Å². The summed E-state index contributed by atoms with van der Waals surface area (Å²) in [5.74, 6) is -5.09. The van der Waals surface area contributed by atoms with Crippen molar-refractivity contribution in [3.05, 3.63) is 46.8 Å². The predicted octanol–water partition coefficient (Wildman–Crippen LogP) is 3.36. The third-order valence-corrected chi connectivity index (χ3v) is 5.27. The molecule has 2 unspecified atom stereocenters. The van der Waals surface area contributed by atoms with Gasteiger partial charge in [0, 0.05) is 31.1 Å². The number of aromatic nitrogens is 3. The topological polar surface area (TPSA) is 77.0 Å². The molecule has 6 nitrogen and oxygen atoms in total. The SMILES string of the molecule is CCC1c2nnc(C(F)(F)F)n2CC(C)N1C(=O)C[C@H](N)Cc1cc(F)c(F)cc1F. The first-order valence-corrected chi connectivity index (χ1v) is 9.64. The van der Waals surface area contributed by atoms with Gasteiger partial charge in [-0.15, -0.1) is 10.2 Å². The van der Waals surface area contributed by atoms with Gasteiger partial charge in [-0.2, -0.15) is 13.2 Å². The number of nitrogens with two attached hydrogens (primary N) is 1. The minimum absolute atomic E-state index is 0.0292. The van der Waals surface area contributed by atoms with Crippen molar-refractivity contribution in [1.82, 2.24) is 19.7 Å². The van der Waals surface area contributed by atoms with Gasteiger partial charge in [-0.05, 0) is 31.4 Å². The van der Waals surface area contributed by atoms with Crippen LogP contribution in [0.5, 0.6) is 0 Å². The molecule has 0 saturated carbocycles. The van der Waals surface area contributed by atoms with Crippen molar-refractivity contribution in [2.75, 3.05) is 0 Å². The average molecular weight is 449 g/mol. The third kappa shape index (κ3) is 4.53. The molecule has 0 aliphatic carbocycles. The Morgan fingerprint density at radius 1 is 1.19 bits per heavy atom. The van der Waals surface area contributed by atoms with Crippen LogP contribution in [0.3, 0.4) is 0 Å². The first-order valence-electron chi connectivity index (χ1n) is 9.64. The monoisotopic (exact) mass is 449 g/mol. The summed E-state index contributed by atoms with van der Waals surface area (Å²) >= 11 is 0. The van der Waals surface area contributed by atoms with Crippen molar-refractivity contribution in [3.8, 4) is 0 Å². The zero-order valence-corrected chi connectivity index (χ0v) is 16.8. The van der Waals surface area contributed by atoms with Crippen molar-refractivity contribution in [2.45, 2.75) is 64.0 Å². The van der Waals surface area contributed by atoms with Crippen molar-refractivity contribution in [3.63, 3.8) is 0 Å². The summed E-state index contributed by atoms with van der Waals surface area (Å²) in [7, 11) is 0. The van der Waals surface area contributed by atoms with E-state index in [1.54, 1.807) is 13.8 Å². The molecule has 0 radical (unpaired) electrons. The second-order valence-electron chi connectivity index (χ2n) is 7.59. The van der Waals surface area contributed by atoms with Crippen LogP contribution in [0, 0.1) is 17.5 Å². The molecule has 0 bridgehead atoms. The van der Waals surface area contributed by atoms with E-state index >= 15 is 0 Å². The summed E-state index contributed by atoms with van der Waals surface area (Å²) in [5.41, 5.74) is 5.77. The van der Waals surface area contributed by atoms with Gasteiger partial charge in [0.2, 0.25) is 11.7 Å². The fourth-order valence-corrected chi connectivity index (χ4v) is 3.94. The number of nitrogens with zero attached hydrogens (tertiary/aromatic N) is 4. The second kappa shape index (κ2) is 8.48. The molecule has 3 atom stereocenters. The summed E-state index contributed by atoms with van der Waals surface area (Å²) < 4.78 is 80.9. The Labute approximate surface area is 174 Å². The number of fused-ring (bicyclic) bond motifs is 1. The summed E-state index contributed by atoms with van der Waals surface area (Å²) in [6, 6.07) is -1.16. The highest BCUT2D eigenvalue weighted by Crippen LogP contribution is 2.36. The number of hydrogen-bond acceptors (Lipinski definition) is 4. The van der Waals surface area contributed by atoms with Gasteiger partial charge in [0.25, 0.3) is 0 Å². The zero-order valence-electron chi connectivity index (χ0n) is 16.8. The molecule has 2 aromatic rings. The van der Waals surface area contributed by atoms with Crippen LogP contribution in [0.1, 0.15) is 49.9 Å². The molecule has 1 aromatic carbocycles. The Bertz CT molecular complexity index is 975. The van der Waals surface area contributed by atoms with Gasteiger partial charge in [-0.1, -0.05) is 6.92 Å². The second-order valence-corrected chi connectivity index (χ2v) is 7.59. The molecular weight excluding hydrogens is 428 g/mol. The molecule has 1 aliphatic heterocycles.